The van der Waals surface area contributed by atoms with Crippen molar-refractivity contribution in [2.75, 3.05) is 5.73 Å². The van der Waals surface area contributed by atoms with Gasteiger partial charge in [0.2, 0.25) is 5.76 Å². The van der Waals surface area contributed by atoms with E-state index >= 15 is 0 Å². The first-order valence-corrected chi connectivity index (χ1v) is 5.97. The molecule has 0 aliphatic carbocycles. The molecule has 0 spiro atoms. The maximum atomic E-state index is 5.82. The van der Waals surface area contributed by atoms with E-state index in [4.69, 9.17) is 14.7 Å². The molecule has 3 aromatic heterocycles. The van der Waals surface area contributed by atoms with Crippen LogP contribution >= 0.6 is 15.9 Å². The molecule has 0 atom stereocenters. The Hall–Kier alpha value is -2.08. The lowest BCUT2D eigenvalue weighted by Gasteiger charge is -1.98. The van der Waals surface area contributed by atoms with Gasteiger partial charge in [0.05, 0.1) is 11.3 Å². The fourth-order valence-corrected chi connectivity index (χ4v) is 1.97. The smallest absolute Gasteiger partial charge is 0.213 e. The van der Waals surface area contributed by atoms with Crippen molar-refractivity contribution in [1.29, 1.82) is 0 Å². The summed E-state index contributed by atoms with van der Waals surface area (Å²) in [5, 5.41) is 3.77. The molecule has 0 saturated carbocycles. The van der Waals surface area contributed by atoms with Crippen molar-refractivity contribution in [3.63, 3.8) is 0 Å². The zero-order chi connectivity index (χ0) is 12.5. The highest BCUT2D eigenvalue weighted by Gasteiger charge is 2.20. The van der Waals surface area contributed by atoms with E-state index < -0.39 is 0 Å². The van der Waals surface area contributed by atoms with Crippen molar-refractivity contribution in [2.24, 2.45) is 0 Å². The first-order valence-electron chi connectivity index (χ1n) is 5.18. The van der Waals surface area contributed by atoms with Gasteiger partial charge in [-0.05, 0) is 40.2 Å². The standard InChI is InChI=1S/C12H8BrN3O2/c13-9-5-4-8(17-9)11-10(12(14)16-18-11)7-3-1-2-6-15-7/h1-6H,(H2,14,16). The van der Waals surface area contributed by atoms with E-state index in [0.29, 0.717) is 27.4 Å². The maximum Gasteiger partial charge on any atom is 0.213 e. The van der Waals surface area contributed by atoms with Gasteiger partial charge in [-0.2, -0.15) is 0 Å². The average molecular weight is 306 g/mol. The SMILES string of the molecule is Nc1noc(-c2ccc(Br)o2)c1-c1ccccn1. The molecule has 5 nitrogen and oxygen atoms in total. The van der Waals surface area contributed by atoms with Crippen LogP contribution in [0.3, 0.4) is 0 Å². The van der Waals surface area contributed by atoms with Gasteiger partial charge in [0.15, 0.2) is 16.2 Å². The third-order valence-electron chi connectivity index (χ3n) is 2.44. The van der Waals surface area contributed by atoms with Gasteiger partial charge in [-0.1, -0.05) is 11.2 Å². The molecule has 0 saturated heterocycles. The Morgan fingerprint density at radius 2 is 2.06 bits per heavy atom. The molecular weight excluding hydrogens is 298 g/mol. The Balaban J connectivity index is 2.18. The summed E-state index contributed by atoms with van der Waals surface area (Å²) in [4.78, 5) is 4.24. The predicted molar refractivity (Wildman–Crippen MR) is 69.5 cm³/mol. The molecule has 3 rings (SSSR count). The second kappa shape index (κ2) is 4.30. The molecule has 0 aliphatic heterocycles. The zero-order valence-corrected chi connectivity index (χ0v) is 10.7. The minimum Gasteiger partial charge on any atom is -0.446 e. The number of rotatable bonds is 2. The van der Waals surface area contributed by atoms with Crippen LogP contribution in [0.15, 0.2) is 50.1 Å². The summed E-state index contributed by atoms with van der Waals surface area (Å²) in [7, 11) is 0. The second-order valence-corrected chi connectivity index (χ2v) is 4.37. The number of hydrogen-bond donors (Lipinski definition) is 1. The maximum absolute atomic E-state index is 5.82. The van der Waals surface area contributed by atoms with Crippen LogP contribution in [0, 0.1) is 0 Å². The summed E-state index contributed by atoms with van der Waals surface area (Å²) in [6.07, 6.45) is 1.68. The molecule has 0 radical (unpaired) electrons. The Bertz CT molecular complexity index is 676. The summed E-state index contributed by atoms with van der Waals surface area (Å²) < 4.78 is 11.3. The van der Waals surface area contributed by atoms with E-state index in [1.54, 1.807) is 18.3 Å². The highest BCUT2D eigenvalue weighted by molar-refractivity contribution is 9.10. The second-order valence-electron chi connectivity index (χ2n) is 3.59. The molecule has 3 aromatic rings. The van der Waals surface area contributed by atoms with Gasteiger partial charge in [-0.25, -0.2) is 0 Å². The van der Waals surface area contributed by atoms with E-state index in [0.717, 1.165) is 0 Å². The molecule has 2 N–H and O–H groups in total. The van der Waals surface area contributed by atoms with Crippen LogP contribution in [0.2, 0.25) is 0 Å². The molecule has 0 aliphatic rings. The summed E-state index contributed by atoms with van der Waals surface area (Å²) in [6.45, 7) is 0. The number of nitrogen functional groups attached to an aromatic ring is 1. The summed E-state index contributed by atoms with van der Waals surface area (Å²) in [6, 6.07) is 9.09. The fraction of sp³-hybridized carbons (Fsp3) is 0. The molecule has 6 heteroatoms. The van der Waals surface area contributed by atoms with Gasteiger partial charge < -0.3 is 14.7 Å². The molecule has 0 aromatic carbocycles. The van der Waals surface area contributed by atoms with Gasteiger partial charge in [0.1, 0.15) is 0 Å². The summed E-state index contributed by atoms with van der Waals surface area (Å²) in [5.41, 5.74) is 7.15. The Kier molecular flexibility index (Phi) is 2.64. The number of halogens is 1. The minimum atomic E-state index is 0.288. The number of nitrogens with two attached hydrogens (primary N) is 1. The number of anilines is 1. The van der Waals surface area contributed by atoms with Gasteiger partial charge >= 0.3 is 0 Å². The molecule has 3 heterocycles. The molecule has 18 heavy (non-hydrogen) atoms. The monoisotopic (exact) mass is 305 g/mol. The summed E-state index contributed by atoms with van der Waals surface area (Å²) >= 11 is 3.24. The molecule has 0 bridgehead atoms. The topological polar surface area (TPSA) is 78.1 Å². The zero-order valence-electron chi connectivity index (χ0n) is 9.13. The van der Waals surface area contributed by atoms with Gasteiger partial charge in [0.25, 0.3) is 0 Å². The van der Waals surface area contributed by atoms with E-state index in [1.165, 1.54) is 0 Å². The normalized spacial score (nSPS) is 10.7. The van der Waals surface area contributed by atoms with Crippen LogP contribution in [-0.4, -0.2) is 10.1 Å². The number of hydrogen-bond acceptors (Lipinski definition) is 5. The Morgan fingerprint density at radius 1 is 1.17 bits per heavy atom. The lowest BCUT2D eigenvalue weighted by molar-refractivity contribution is 0.419. The Labute approximate surface area is 111 Å². The van der Waals surface area contributed by atoms with Gasteiger partial charge in [-0.15, -0.1) is 0 Å². The third-order valence-corrected chi connectivity index (χ3v) is 2.86. The number of furan rings is 1. The van der Waals surface area contributed by atoms with Crippen LogP contribution in [0.25, 0.3) is 22.8 Å². The van der Waals surface area contributed by atoms with Crippen LogP contribution < -0.4 is 5.73 Å². The van der Waals surface area contributed by atoms with E-state index in [1.807, 2.05) is 18.2 Å². The molecular formula is C12H8BrN3O2. The molecule has 0 amide bonds. The lowest BCUT2D eigenvalue weighted by atomic mass is 10.1. The van der Waals surface area contributed by atoms with Crippen molar-refractivity contribution in [3.8, 4) is 22.8 Å². The van der Waals surface area contributed by atoms with Crippen LogP contribution in [0.5, 0.6) is 0 Å². The van der Waals surface area contributed by atoms with E-state index in [9.17, 15) is 0 Å². The fourth-order valence-electron chi connectivity index (χ4n) is 1.67. The summed E-state index contributed by atoms with van der Waals surface area (Å²) in [5.74, 6) is 1.31. The van der Waals surface area contributed by atoms with E-state index in [-0.39, 0.29) is 5.82 Å². The van der Waals surface area contributed by atoms with Crippen molar-refractivity contribution >= 4 is 21.7 Å². The van der Waals surface area contributed by atoms with Crippen molar-refractivity contribution < 1.29 is 8.94 Å². The van der Waals surface area contributed by atoms with E-state index in [2.05, 4.69) is 26.1 Å². The van der Waals surface area contributed by atoms with Crippen molar-refractivity contribution in [1.82, 2.24) is 10.1 Å². The lowest BCUT2D eigenvalue weighted by Crippen LogP contribution is -1.90. The predicted octanol–water partition coefficient (Wildman–Crippen LogP) is 3.34. The Morgan fingerprint density at radius 3 is 2.72 bits per heavy atom. The number of aromatic nitrogens is 2. The first kappa shape index (κ1) is 11.0. The van der Waals surface area contributed by atoms with Crippen molar-refractivity contribution in [2.45, 2.75) is 0 Å². The number of pyridine rings is 1. The minimum absolute atomic E-state index is 0.288. The van der Waals surface area contributed by atoms with Crippen LogP contribution in [0.1, 0.15) is 0 Å². The van der Waals surface area contributed by atoms with Crippen molar-refractivity contribution in [3.05, 3.63) is 41.2 Å². The third kappa shape index (κ3) is 1.80. The molecule has 90 valence electrons. The van der Waals surface area contributed by atoms with Gasteiger partial charge in [0, 0.05) is 6.20 Å². The average Bonchev–Trinajstić information content (AvgIpc) is 2.96. The molecule has 0 unspecified atom stereocenters. The highest BCUT2D eigenvalue weighted by atomic mass is 79.9. The van der Waals surface area contributed by atoms with Crippen LogP contribution in [-0.2, 0) is 0 Å². The quantitative estimate of drug-likeness (QED) is 0.785. The van der Waals surface area contributed by atoms with Crippen LogP contribution in [0.4, 0.5) is 5.82 Å². The van der Waals surface area contributed by atoms with Gasteiger partial charge in [-0.3, -0.25) is 4.98 Å². The highest BCUT2D eigenvalue weighted by Crippen LogP contribution is 2.36. The largest absolute Gasteiger partial charge is 0.446 e. The number of nitrogens with zero attached hydrogens (tertiary/aromatic N) is 2. The first-order chi connectivity index (χ1) is 8.75. The molecule has 0 fully saturated rings.